The van der Waals surface area contributed by atoms with Gasteiger partial charge in [-0.05, 0) is 92.2 Å². The molecule has 0 aliphatic carbocycles. The second kappa shape index (κ2) is 16.5. The molecular weight excluding hydrogens is 738 g/mol. The number of aromatic nitrogens is 1. The van der Waals surface area contributed by atoms with E-state index in [9.17, 15) is 28.7 Å². The van der Waals surface area contributed by atoms with Crippen LogP contribution in [-0.2, 0) is 17.7 Å². The van der Waals surface area contributed by atoms with Crippen molar-refractivity contribution in [1.82, 2.24) is 4.90 Å². The number of hydrogen-bond donors (Lipinski definition) is 1. The van der Waals surface area contributed by atoms with Gasteiger partial charge in [0.2, 0.25) is 0 Å². The van der Waals surface area contributed by atoms with Crippen molar-refractivity contribution in [3.8, 4) is 11.5 Å². The van der Waals surface area contributed by atoms with Gasteiger partial charge in [0.1, 0.15) is 22.0 Å². The highest BCUT2D eigenvalue weighted by Gasteiger charge is 2.38. The van der Waals surface area contributed by atoms with Gasteiger partial charge in [-0.3, -0.25) is 9.80 Å². The highest BCUT2D eigenvalue weighted by Crippen LogP contribution is 2.41. The number of aromatic carboxylic acids is 1. The van der Waals surface area contributed by atoms with Gasteiger partial charge >= 0.3 is 18.7 Å². The second-order valence-electron chi connectivity index (χ2n) is 12.8. The predicted octanol–water partition coefficient (Wildman–Crippen LogP) is 8.08. The summed E-state index contributed by atoms with van der Waals surface area (Å²) in [6, 6.07) is 14.4. The van der Waals surface area contributed by atoms with E-state index in [1.54, 1.807) is 19.1 Å². The van der Waals surface area contributed by atoms with Crippen molar-refractivity contribution in [2.24, 2.45) is 5.92 Å². The van der Waals surface area contributed by atoms with E-state index in [4.69, 9.17) is 32.7 Å². The third-order valence-electron chi connectivity index (χ3n) is 9.67. The number of hydrogen-bond acceptors (Lipinski definition) is 7. The van der Waals surface area contributed by atoms with Crippen LogP contribution in [0.1, 0.15) is 58.3 Å². The summed E-state index contributed by atoms with van der Waals surface area (Å²) in [7, 11) is 0. The molecule has 3 fully saturated rings. The number of alkyl halides is 2. The van der Waals surface area contributed by atoms with Crippen molar-refractivity contribution in [2.45, 2.75) is 51.4 Å². The first-order chi connectivity index (χ1) is 25.4. The summed E-state index contributed by atoms with van der Waals surface area (Å²) in [5.41, 5.74) is 0.909. The number of anilines is 1. The summed E-state index contributed by atoms with van der Waals surface area (Å²) in [6.45, 7) is 0.640. The van der Waals surface area contributed by atoms with Gasteiger partial charge in [0.15, 0.2) is 23.9 Å². The van der Waals surface area contributed by atoms with Crippen molar-refractivity contribution in [2.75, 3.05) is 31.1 Å². The fourth-order valence-corrected chi connectivity index (χ4v) is 7.79. The fraction of sp³-hybridized carbons (Fsp3) is 0.342. The number of rotatable bonds is 13. The number of fused-ring (bicyclic) bond motifs is 3. The molecule has 3 saturated heterocycles. The van der Waals surface area contributed by atoms with Crippen molar-refractivity contribution >= 4 is 41.0 Å². The summed E-state index contributed by atoms with van der Waals surface area (Å²) < 4.78 is 59.1. The Bertz CT molecular complexity index is 1960. The molecule has 1 N–H and O–H groups in total. The highest BCUT2D eigenvalue weighted by atomic mass is 35.5. The number of piperidine rings is 3. The van der Waals surface area contributed by atoms with Gasteiger partial charge in [0.05, 0.1) is 24.4 Å². The maximum atomic E-state index is 15.5. The summed E-state index contributed by atoms with van der Waals surface area (Å²) in [6.07, 6.45) is 2.61. The van der Waals surface area contributed by atoms with Crippen molar-refractivity contribution < 1.29 is 46.8 Å². The van der Waals surface area contributed by atoms with Crippen molar-refractivity contribution in [1.29, 1.82) is 0 Å². The van der Waals surface area contributed by atoms with Crippen LogP contribution in [0, 0.1) is 16.9 Å². The number of carbonyl (C=O) groups is 2. The van der Waals surface area contributed by atoms with E-state index in [2.05, 4.69) is 9.64 Å². The van der Waals surface area contributed by atoms with Crippen molar-refractivity contribution in [3.05, 3.63) is 122 Å². The number of ether oxygens (including phenoxy) is 3. The Morgan fingerprint density at radius 3 is 2.38 bits per heavy atom. The van der Waals surface area contributed by atoms with Crippen LogP contribution in [0.15, 0.2) is 73.1 Å². The fourth-order valence-electron chi connectivity index (χ4n) is 7.19. The number of carbonyl (C=O) groups excluding carboxylic acids is 1. The van der Waals surface area contributed by atoms with E-state index in [0.717, 1.165) is 43.2 Å². The first-order valence-corrected chi connectivity index (χ1v) is 17.8. The average Bonchev–Trinajstić information content (AvgIpc) is 3.12. The smallest absolute Gasteiger partial charge is 0.415 e. The van der Waals surface area contributed by atoms with Crippen LogP contribution in [0.3, 0.4) is 0 Å². The number of carboxylic acids is 1. The third-order valence-corrected chi connectivity index (χ3v) is 10.3. The Morgan fingerprint density at radius 1 is 1.04 bits per heavy atom. The molecule has 3 aromatic carbocycles. The van der Waals surface area contributed by atoms with Gasteiger partial charge in [-0.1, -0.05) is 53.5 Å². The van der Waals surface area contributed by atoms with E-state index in [-0.39, 0.29) is 69.4 Å². The molecule has 2 atom stereocenters. The molecule has 15 heteroatoms. The first kappa shape index (κ1) is 38.0. The van der Waals surface area contributed by atoms with Crippen LogP contribution in [0.25, 0.3) is 0 Å². The number of carboxylic acid groups (broad SMARTS) is 1. The Morgan fingerprint density at radius 2 is 1.75 bits per heavy atom. The lowest BCUT2D eigenvalue weighted by Crippen LogP contribution is -2.53. The van der Waals surface area contributed by atoms with Crippen LogP contribution in [0.4, 0.5) is 23.7 Å². The number of para-hydroxylation sites is 1. The maximum absolute atomic E-state index is 15.5. The lowest BCUT2D eigenvalue weighted by molar-refractivity contribution is -0.605. The number of pyridine rings is 1. The second-order valence-corrected chi connectivity index (χ2v) is 13.7. The molecule has 280 valence electrons. The van der Waals surface area contributed by atoms with Crippen LogP contribution >= 0.6 is 23.2 Å². The molecule has 0 radical (unpaired) electrons. The monoisotopic (exact) mass is 773 g/mol. The Balaban J connectivity index is 1.50. The van der Waals surface area contributed by atoms with Gasteiger partial charge in [-0.2, -0.15) is 13.5 Å². The van der Waals surface area contributed by atoms with E-state index < -0.39 is 36.5 Å². The molecule has 1 amide bonds. The zero-order chi connectivity index (χ0) is 37.8. The number of halogens is 5. The molecule has 2 bridgehead atoms. The normalized spacial score (nSPS) is 18.4. The van der Waals surface area contributed by atoms with E-state index in [1.165, 1.54) is 48.5 Å². The molecule has 3 aliphatic rings. The van der Waals surface area contributed by atoms with Crippen LogP contribution in [0.5, 0.6) is 11.5 Å². The number of benzene rings is 3. The molecule has 7 rings (SSSR count). The highest BCUT2D eigenvalue weighted by molar-refractivity contribution is 6.35. The SMILES string of the molecule is CCOc1cc([C@H](Cc2c(Cl)c[n+]([O-])cc2Cl)c2c(CN(C(=O)O[C@H]3CN4CCC3CC4)c3ccccc3F)cccc2C(=O)O)ccc1OC(F)F. The minimum Gasteiger partial charge on any atom is -0.619 e. The first-order valence-electron chi connectivity index (χ1n) is 17.0. The van der Waals surface area contributed by atoms with Gasteiger partial charge < -0.3 is 24.5 Å². The summed E-state index contributed by atoms with van der Waals surface area (Å²) in [4.78, 5) is 30.4. The Kier molecular flexibility index (Phi) is 11.9. The van der Waals surface area contributed by atoms with Gasteiger partial charge in [-0.15, -0.1) is 0 Å². The molecule has 10 nitrogen and oxygen atoms in total. The summed E-state index contributed by atoms with van der Waals surface area (Å²) in [5.74, 6) is -3.11. The number of amides is 1. The largest absolute Gasteiger partial charge is 0.619 e. The van der Waals surface area contributed by atoms with E-state index in [1.807, 2.05) is 0 Å². The van der Waals surface area contributed by atoms with Gasteiger partial charge in [-0.25, -0.2) is 14.0 Å². The zero-order valence-electron chi connectivity index (χ0n) is 28.5. The quantitative estimate of drug-likeness (QED) is 0.107. The lowest BCUT2D eigenvalue weighted by atomic mass is 9.80. The summed E-state index contributed by atoms with van der Waals surface area (Å²) >= 11 is 13.1. The minimum absolute atomic E-state index is 0.0105. The average molecular weight is 775 g/mol. The molecule has 4 aromatic rings. The predicted molar refractivity (Wildman–Crippen MR) is 191 cm³/mol. The van der Waals surface area contributed by atoms with E-state index in [0.29, 0.717) is 22.4 Å². The Hall–Kier alpha value is -4.72. The molecule has 0 spiro atoms. The molecule has 0 unspecified atom stereocenters. The lowest BCUT2D eigenvalue weighted by Gasteiger charge is -2.44. The topological polar surface area (TPSA) is 115 Å². The minimum atomic E-state index is -3.15. The van der Waals surface area contributed by atoms with Gasteiger partial charge in [0, 0.05) is 18.0 Å². The molecule has 4 heterocycles. The van der Waals surface area contributed by atoms with Crippen LogP contribution < -0.4 is 19.1 Å². The maximum Gasteiger partial charge on any atom is 0.415 e. The zero-order valence-corrected chi connectivity index (χ0v) is 30.0. The summed E-state index contributed by atoms with van der Waals surface area (Å²) in [5, 5.41) is 22.7. The molecule has 1 aromatic heterocycles. The third kappa shape index (κ3) is 8.58. The van der Waals surface area contributed by atoms with Gasteiger partial charge in [0.25, 0.3) is 0 Å². The van der Waals surface area contributed by atoms with Crippen molar-refractivity contribution in [3.63, 3.8) is 0 Å². The molecule has 0 saturated carbocycles. The molecule has 3 aliphatic heterocycles. The van der Waals surface area contributed by atoms with Crippen LogP contribution in [0.2, 0.25) is 10.0 Å². The van der Waals surface area contributed by atoms with E-state index >= 15 is 4.39 Å². The number of nitrogens with zero attached hydrogens (tertiary/aromatic N) is 3. The molecule has 53 heavy (non-hydrogen) atoms. The van der Waals surface area contributed by atoms with Crippen LogP contribution in [-0.4, -0.2) is 61.0 Å². The Labute approximate surface area is 313 Å². The standard InChI is InChI=1S/C38H36Cl2F3N3O7/c1-2-51-33-16-23(10-11-32(33)52-37(42)43)26(17-27-28(39)19-45(50)20-29(27)40)35-24(6-5-7-25(35)36(47)48)18-46(31-9-4-3-8-30(31)41)38(49)53-34-21-44-14-12-22(34)13-15-44/h3-11,16,19-20,22,26,34,37H,2,12-15,17-18,21H2,1H3,(H,47,48)/t26-,34-/m0/s1. The molecular formula is C38H36Cl2F3N3O7.